The fourth-order valence-electron chi connectivity index (χ4n) is 3.56. The van der Waals surface area contributed by atoms with E-state index in [0.29, 0.717) is 13.2 Å². The number of nitrogens with zero attached hydrogens (tertiary/aromatic N) is 4. The van der Waals surface area contributed by atoms with Crippen LogP contribution in [0.3, 0.4) is 0 Å². The zero-order valence-electron chi connectivity index (χ0n) is 15.7. The van der Waals surface area contributed by atoms with Gasteiger partial charge in [-0.15, -0.1) is 0 Å². The third kappa shape index (κ3) is 4.70. The first-order chi connectivity index (χ1) is 12.0. The van der Waals surface area contributed by atoms with E-state index in [-0.39, 0.29) is 12.0 Å². The van der Waals surface area contributed by atoms with Gasteiger partial charge in [-0.1, -0.05) is 0 Å². The third-order valence-electron chi connectivity index (χ3n) is 5.02. The summed E-state index contributed by atoms with van der Waals surface area (Å²) in [5.41, 5.74) is 3.08. The summed E-state index contributed by atoms with van der Waals surface area (Å²) in [6.45, 7) is 6.51. The molecule has 2 aliphatic heterocycles. The van der Waals surface area contributed by atoms with Crippen LogP contribution < -0.4 is 4.90 Å². The summed E-state index contributed by atoms with van der Waals surface area (Å²) in [7, 11) is 4.06. The van der Waals surface area contributed by atoms with Gasteiger partial charge in [0.15, 0.2) is 0 Å². The second kappa shape index (κ2) is 8.15. The Morgan fingerprint density at radius 3 is 2.72 bits per heavy atom. The van der Waals surface area contributed by atoms with E-state index in [2.05, 4.69) is 26.9 Å². The standard InChI is InChI=1S/C19H30N4O2/c1-15-11-16(21(2)3)12-17(20-15)18-13-22(9-10-25-18)14-19(24)23-7-5-4-6-8-23/h11-12,18H,4-10,13-14H2,1-3H3. The van der Waals surface area contributed by atoms with Gasteiger partial charge in [-0.05, 0) is 38.3 Å². The highest BCUT2D eigenvalue weighted by molar-refractivity contribution is 5.78. The summed E-state index contributed by atoms with van der Waals surface area (Å²) in [6, 6.07) is 4.16. The summed E-state index contributed by atoms with van der Waals surface area (Å²) >= 11 is 0. The summed E-state index contributed by atoms with van der Waals surface area (Å²) < 4.78 is 5.96. The molecule has 1 unspecified atom stereocenters. The maximum Gasteiger partial charge on any atom is 0.236 e. The van der Waals surface area contributed by atoms with Crippen molar-refractivity contribution in [2.75, 3.05) is 58.3 Å². The molecule has 25 heavy (non-hydrogen) atoms. The van der Waals surface area contributed by atoms with Gasteiger partial charge in [0.2, 0.25) is 5.91 Å². The van der Waals surface area contributed by atoms with Crippen LogP contribution in [0.15, 0.2) is 12.1 Å². The number of morpholine rings is 1. The Morgan fingerprint density at radius 2 is 2.00 bits per heavy atom. The molecule has 2 fully saturated rings. The lowest BCUT2D eigenvalue weighted by molar-refractivity contribution is -0.135. The zero-order valence-corrected chi connectivity index (χ0v) is 15.7. The molecule has 0 aromatic carbocycles. The first kappa shape index (κ1) is 18.1. The van der Waals surface area contributed by atoms with Gasteiger partial charge in [0.05, 0.1) is 18.8 Å². The lowest BCUT2D eigenvalue weighted by atomic mass is 10.1. The zero-order chi connectivity index (χ0) is 17.8. The normalized spacial score (nSPS) is 22.0. The summed E-state index contributed by atoms with van der Waals surface area (Å²) in [6.07, 6.45) is 3.45. The van der Waals surface area contributed by atoms with Crippen LogP contribution in [0.4, 0.5) is 5.69 Å². The van der Waals surface area contributed by atoms with Crippen LogP contribution in [0.1, 0.15) is 36.8 Å². The van der Waals surface area contributed by atoms with E-state index >= 15 is 0 Å². The van der Waals surface area contributed by atoms with E-state index in [9.17, 15) is 4.79 Å². The second-order valence-electron chi connectivity index (χ2n) is 7.32. The molecular weight excluding hydrogens is 316 g/mol. The Bertz CT molecular complexity index is 599. The number of hydrogen-bond donors (Lipinski definition) is 0. The molecule has 3 rings (SSSR count). The molecule has 1 aromatic heterocycles. The molecule has 0 aliphatic carbocycles. The largest absolute Gasteiger partial charge is 0.378 e. The molecule has 2 saturated heterocycles. The number of carbonyl (C=O) groups is 1. The number of anilines is 1. The van der Waals surface area contributed by atoms with E-state index in [1.165, 1.54) is 6.42 Å². The van der Waals surface area contributed by atoms with Gasteiger partial charge >= 0.3 is 0 Å². The van der Waals surface area contributed by atoms with Gasteiger partial charge < -0.3 is 14.5 Å². The Balaban J connectivity index is 1.64. The highest BCUT2D eigenvalue weighted by Crippen LogP contribution is 2.25. The number of likely N-dealkylation sites (tertiary alicyclic amines) is 1. The number of amides is 1. The topological polar surface area (TPSA) is 48.9 Å². The monoisotopic (exact) mass is 346 g/mol. The van der Waals surface area contributed by atoms with Crippen LogP contribution in [0.5, 0.6) is 0 Å². The third-order valence-corrected chi connectivity index (χ3v) is 5.02. The van der Waals surface area contributed by atoms with Crippen molar-refractivity contribution in [1.29, 1.82) is 0 Å². The molecule has 1 amide bonds. The van der Waals surface area contributed by atoms with Crippen molar-refractivity contribution in [2.45, 2.75) is 32.3 Å². The first-order valence-corrected chi connectivity index (χ1v) is 9.30. The number of piperidine rings is 1. The van der Waals surface area contributed by atoms with Crippen molar-refractivity contribution in [3.05, 3.63) is 23.5 Å². The van der Waals surface area contributed by atoms with Crippen LogP contribution in [0.2, 0.25) is 0 Å². The smallest absolute Gasteiger partial charge is 0.236 e. The van der Waals surface area contributed by atoms with Gasteiger partial charge in [0, 0.05) is 51.7 Å². The fraction of sp³-hybridized carbons (Fsp3) is 0.684. The van der Waals surface area contributed by atoms with Crippen molar-refractivity contribution in [3.63, 3.8) is 0 Å². The summed E-state index contributed by atoms with van der Waals surface area (Å²) in [4.78, 5) is 23.5. The second-order valence-corrected chi connectivity index (χ2v) is 7.32. The van der Waals surface area contributed by atoms with Gasteiger partial charge in [-0.3, -0.25) is 14.7 Å². The number of aromatic nitrogens is 1. The maximum atomic E-state index is 12.5. The SMILES string of the molecule is Cc1cc(N(C)C)cc(C2CN(CC(=O)N3CCCCC3)CCO2)n1. The van der Waals surface area contributed by atoms with E-state index in [1.54, 1.807) is 0 Å². The average Bonchev–Trinajstić information content (AvgIpc) is 2.62. The highest BCUT2D eigenvalue weighted by atomic mass is 16.5. The molecule has 0 spiro atoms. The molecule has 2 aliphatic rings. The van der Waals surface area contributed by atoms with Gasteiger partial charge in [0.25, 0.3) is 0 Å². The van der Waals surface area contributed by atoms with Gasteiger partial charge in [-0.25, -0.2) is 0 Å². The van der Waals surface area contributed by atoms with Gasteiger partial charge in [0.1, 0.15) is 6.10 Å². The number of rotatable bonds is 4. The van der Waals surface area contributed by atoms with E-state index in [1.807, 2.05) is 25.9 Å². The predicted molar refractivity (Wildman–Crippen MR) is 98.9 cm³/mol. The number of carbonyl (C=O) groups excluding carboxylic acids is 1. The molecule has 1 aromatic rings. The lowest BCUT2D eigenvalue weighted by Gasteiger charge is -2.35. The van der Waals surface area contributed by atoms with Crippen LogP contribution in [-0.4, -0.2) is 74.1 Å². The first-order valence-electron chi connectivity index (χ1n) is 9.30. The molecule has 6 heteroatoms. The Morgan fingerprint density at radius 1 is 1.24 bits per heavy atom. The molecular formula is C19H30N4O2. The molecule has 0 saturated carbocycles. The fourth-order valence-corrected chi connectivity index (χ4v) is 3.56. The van der Waals surface area contributed by atoms with Crippen molar-refractivity contribution in [1.82, 2.24) is 14.8 Å². The lowest BCUT2D eigenvalue weighted by Crippen LogP contribution is -2.47. The van der Waals surface area contributed by atoms with E-state index in [0.717, 1.165) is 56.1 Å². The van der Waals surface area contributed by atoms with Crippen molar-refractivity contribution in [3.8, 4) is 0 Å². The Kier molecular flexibility index (Phi) is 5.91. The number of pyridine rings is 1. The number of ether oxygens (including phenoxy) is 1. The minimum Gasteiger partial charge on any atom is -0.378 e. The van der Waals surface area contributed by atoms with Crippen molar-refractivity contribution >= 4 is 11.6 Å². The maximum absolute atomic E-state index is 12.5. The van der Waals surface area contributed by atoms with Crippen LogP contribution in [0, 0.1) is 6.92 Å². The summed E-state index contributed by atoms with van der Waals surface area (Å²) in [5, 5.41) is 0. The molecule has 138 valence electrons. The Hall–Kier alpha value is -1.66. The molecule has 0 radical (unpaired) electrons. The molecule has 0 bridgehead atoms. The van der Waals surface area contributed by atoms with Gasteiger partial charge in [-0.2, -0.15) is 0 Å². The average molecular weight is 346 g/mol. The predicted octanol–water partition coefficient (Wildman–Crippen LogP) is 1.84. The Labute approximate surface area is 150 Å². The van der Waals surface area contributed by atoms with E-state index < -0.39 is 0 Å². The molecule has 0 N–H and O–H groups in total. The van der Waals surface area contributed by atoms with Crippen molar-refractivity contribution < 1.29 is 9.53 Å². The molecule has 6 nitrogen and oxygen atoms in total. The summed E-state index contributed by atoms with van der Waals surface area (Å²) in [5.74, 6) is 0.256. The van der Waals surface area contributed by atoms with Crippen LogP contribution in [0.25, 0.3) is 0 Å². The van der Waals surface area contributed by atoms with E-state index in [4.69, 9.17) is 4.74 Å². The van der Waals surface area contributed by atoms with Crippen molar-refractivity contribution in [2.24, 2.45) is 0 Å². The molecule has 3 heterocycles. The quantitative estimate of drug-likeness (QED) is 0.833. The molecule has 1 atom stereocenters. The number of aryl methyl sites for hydroxylation is 1. The minimum atomic E-state index is -0.0681. The van der Waals surface area contributed by atoms with Crippen LogP contribution in [-0.2, 0) is 9.53 Å². The number of hydrogen-bond acceptors (Lipinski definition) is 5. The minimum absolute atomic E-state index is 0.0681. The van der Waals surface area contributed by atoms with Crippen LogP contribution >= 0.6 is 0 Å². The highest BCUT2D eigenvalue weighted by Gasteiger charge is 2.27.